The Balaban J connectivity index is 1.69. The Hall–Kier alpha value is -3.41. The molecule has 2 aromatic carbocycles. The standard InChI is InChI=1S/C21H22N4O2/c1-4-15-6-8-17(9-7-15)24-20(26)16-12-22-21(23-13-16)25-18-11-14(2)5-10-19(18)27-3/h5-13H,4H2,1-3H3,(H,24,26)(H,22,23,25). The first kappa shape index (κ1) is 18.4. The van der Waals surface area contributed by atoms with Crippen LogP contribution in [0.5, 0.6) is 5.75 Å². The summed E-state index contributed by atoms with van der Waals surface area (Å²) in [6, 6.07) is 13.6. The summed E-state index contributed by atoms with van der Waals surface area (Å²) in [5.74, 6) is 0.836. The molecule has 2 N–H and O–H groups in total. The average molecular weight is 362 g/mol. The fourth-order valence-corrected chi connectivity index (χ4v) is 2.58. The summed E-state index contributed by atoms with van der Waals surface area (Å²) in [5.41, 5.74) is 4.20. The molecule has 0 unspecified atom stereocenters. The van der Waals surface area contributed by atoms with Gasteiger partial charge in [0.1, 0.15) is 5.75 Å². The summed E-state index contributed by atoms with van der Waals surface area (Å²) in [4.78, 5) is 20.8. The van der Waals surface area contributed by atoms with E-state index in [1.165, 1.54) is 18.0 Å². The second-order valence-corrected chi connectivity index (χ2v) is 6.13. The van der Waals surface area contributed by atoms with Crippen molar-refractivity contribution in [2.45, 2.75) is 20.3 Å². The van der Waals surface area contributed by atoms with E-state index in [-0.39, 0.29) is 5.91 Å². The molecule has 6 nitrogen and oxygen atoms in total. The highest BCUT2D eigenvalue weighted by Crippen LogP contribution is 2.27. The topological polar surface area (TPSA) is 76.1 Å². The lowest BCUT2D eigenvalue weighted by molar-refractivity contribution is 0.102. The van der Waals surface area contributed by atoms with Gasteiger partial charge in [-0.2, -0.15) is 0 Å². The monoisotopic (exact) mass is 362 g/mol. The molecule has 0 saturated heterocycles. The minimum atomic E-state index is -0.251. The zero-order valence-corrected chi connectivity index (χ0v) is 15.6. The highest BCUT2D eigenvalue weighted by atomic mass is 16.5. The van der Waals surface area contributed by atoms with Crippen molar-refractivity contribution in [3.8, 4) is 5.75 Å². The number of aromatic nitrogens is 2. The number of anilines is 3. The molecule has 138 valence electrons. The Morgan fingerprint density at radius 3 is 2.41 bits per heavy atom. The molecule has 0 aliphatic rings. The molecule has 3 aromatic rings. The van der Waals surface area contributed by atoms with E-state index >= 15 is 0 Å². The molecule has 1 amide bonds. The molecule has 0 aliphatic heterocycles. The predicted molar refractivity (Wildman–Crippen MR) is 107 cm³/mol. The zero-order chi connectivity index (χ0) is 19.2. The number of hydrogen-bond acceptors (Lipinski definition) is 5. The van der Waals surface area contributed by atoms with E-state index in [4.69, 9.17) is 4.74 Å². The van der Waals surface area contributed by atoms with E-state index in [1.54, 1.807) is 7.11 Å². The molecule has 1 heterocycles. The number of nitrogens with zero attached hydrogens (tertiary/aromatic N) is 2. The molecule has 0 aliphatic carbocycles. The third-order valence-electron chi connectivity index (χ3n) is 4.14. The van der Waals surface area contributed by atoms with Gasteiger partial charge >= 0.3 is 0 Å². The van der Waals surface area contributed by atoms with Gasteiger partial charge in [-0.3, -0.25) is 4.79 Å². The fourth-order valence-electron chi connectivity index (χ4n) is 2.58. The maximum Gasteiger partial charge on any atom is 0.258 e. The first-order valence-electron chi connectivity index (χ1n) is 8.73. The van der Waals surface area contributed by atoms with Crippen molar-refractivity contribution in [2.24, 2.45) is 0 Å². The number of carbonyl (C=O) groups excluding carboxylic acids is 1. The lowest BCUT2D eigenvalue weighted by atomic mass is 10.1. The Bertz CT molecular complexity index is 922. The van der Waals surface area contributed by atoms with E-state index in [2.05, 4.69) is 27.5 Å². The Morgan fingerprint density at radius 1 is 1.07 bits per heavy atom. The normalized spacial score (nSPS) is 10.3. The molecular weight excluding hydrogens is 340 g/mol. The molecule has 0 spiro atoms. The SMILES string of the molecule is CCc1ccc(NC(=O)c2cnc(Nc3cc(C)ccc3OC)nc2)cc1. The summed E-state index contributed by atoms with van der Waals surface area (Å²) in [6.07, 6.45) is 3.95. The van der Waals surface area contributed by atoms with Gasteiger partial charge in [-0.15, -0.1) is 0 Å². The smallest absolute Gasteiger partial charge is 0.258 e. The number of rotatable bonds is 6. The highest BCUT2D eigenvalue weighted by molar-refractivity contribution is 6.03. The van der Waals surface area contributed by atoms with Crippen LogP contribution in [0.25, 0.3) is 0 Å². The van der Waals surface area contributed by atoms with Crippen LogP contribution < -0.4 is 15.4 Å². The van der Waals surface area contributed by atoms with E-state index in [0.717, 1.165) is 23.4 Å². The van der Waals surface area contributed by atoms with Gasteiger partial charge in [-0.1, -0.05) is 25.1 Å². The lowest BCUT2D eigenvalue weighted by Crippen LogP contribution is -2.13. The Labute approximate surface area is 158 Å². The summed E-state index contributed by atoms with van der Waals surface area (Å²) in [7, 11) is 1.61. The summed E-state index contributed by atoms with van der Waals surface area (Å²) in [6.45, 7) is 4.08. The van der Waals surface area contributed by atoms with Crippen molar-refractivity contribution in [2.75, 3.05) is 17.7 Å². The molecule has 0 fully saturated rings. The van der Waals surface area contributed by atoms with Gasteiger partial charge in [0.2, 0.25) is 5.95 Å². The Kier molecular flexibility index (Phi) is 5.66. The van der Waals surface area contributed by atoms with Crippen molar-refractivity contribution in [3.05, 3.63) is 71.5 Å². The summed E-state index contributed by atoms with van der Waals surface area (Å²) < 4.78 is 5.34. The van der Waals surface area contributed by atoms with Crippen molar-refractivity contribution in [3.63, 3.8) is 0 Å². The van der Waals surface area contributed by atoms with Crippen LogP contribution in [0.1, 0.15) is 28.4 Å². The number of benzene rings is 2. The number of aryl methyl sites for hydroxylation is 2. The second-order valence-electron chi connectivity index (χ2n) is 6.13. The molecule has 6 heteroatoms. The summed E-state index contributed by atoms with van der Waals surface area (Å²) >= 11 is 0. The molecule has 1 aromatic heterocycles. The van der Waals surface area contributed by atoms with Crippen LogP contribution in [-0.2, 0) is 6.42 Å². The molecule has 0 atom stereocenters. The third kappa shape index (κ3) is 4.61. The van der Waals surface area contributed by atoms with E-state index in [0.29, 0.717) is 17.3 Å². The average Bonchev–Trinajstić information content (AvgIpc) is 2.69. The van der Waals surface area contributed by atoms with Crippen LogP contribution in [0.2, 0.25) is 0 Å². The first-order valence-corrected chi connectivity index (χ1v) is 8.73. The van der Waals surface area contributed by atoms with Gasteiger partial charge in [-0.05, 0) is 48.7 Å². The number of carbonyl (C=O) groups is 1. The predicted octanol–water partition coefficient (Wildman–Crippen LogP) is 4.35. The van der Waals surface area contributed by atoms with Gasteiger partial charge in [-0.25, -0.2) is 9.97 Å². The zero-order valence-electron chi connectivity index (χ0n) is 15.6. The largest absolute Gasteiger partial charge is 0.495 e. The molecule has 0 saturated carbocycles. The van der Waals surface area contributed by atoms with E-state index in [1.807, 2.05) is 49.4 Å². The second kappa shape index (κ2) is 8.31. The number of hydrogen-bond donors (Lipinski definition) is 2. The van der Waals surface area contributed by atoms with Crippen molar-refractivity contribution >= 4 is 23.2 Å². The van der Waals surface area contributed by atoms with Crippen LogP contribution in [0.3, 0.4) is 0 Å². The number of nitrogens with one attached hydrogen (secondary N) is 2. The highest BCUT2D eigenvalue weighted by Gasteiger charge is 2.09. The van der Waals surface area contributed by atoms with Gasteiger partial charge in [0.15, 0.2) is 0 Å². The van der Waals surface area contributed by atoms with E-state index in [9.17, 15) is 4.79 Å². The fraction of sp³-hybridized carbons (Fsp3) is 0.190. The minimum absolute atomic E-state index is 0.251. The lowest BCUT2D eigenvalue weighted by Gasteiger charge is -2.11. The van der Waals surface area contributed by atoms with Gasteiger partial charge < -0.3 is 15.4 Å². The molecule has 27 heavy (non-hydrogen) atoms. The number of methoxy groups -OCH3 is 1. The van der Waals surface area contributed by atoms with Gasteiger partial charge in [0.25, 0.3) is 5.91 Å². The Morgan fingerprint density at radius 2 is 1.78 bits per heavy atom. The van der Waals surface area contributed by atoms with Crippen molar-refractivity contribution in [1.82, 2.24) is 9.97 Å². The summed E-state index contributed by atoms with van der Waals surface area (Å²) in [5, 5.41) is 5.96. The molecular formula is C21H22N4O2. The molecule has 0 bridgehead atoms. The maximum atomic E-state index is 12.4. The molecule has 3 rings (SSSR count). The maximum absolute atomic E-state index is 12.4. The van der Waals surface area contributed by atoms with Crippen LogP contribution in [0.15, 0.2) is 54.9 Å². The number of ether oxygens (including phenoxy) is 1. The molecule has 0 radical (unpaired) electrons. The van der Waals surface area contributed by atoms with Gasteiger partial charge in [0.05, 0.1) is 18.4 Å². The van der Waals surface area contributed by atoms with E-state index < -0.39 is 0 Å². The van der Waals surface area contributed by atoms with Crippen molar-refractivity contribution in [1.29, 1.82) is 0 Å². The first-order chi connectivity index (χ1) is 13.1. The van der Waals surface area contributed by atoms with Gasteiger partial charge in [0, 0.05) is 18.1 Å². The number of amides is 1. The van der Waals surface area contributed by atoms with Crippen molar-refractivity contribution < 1.29 is 9.53 Å². The van der Waals surface area contributed by atoms with Crippen LogP contribution in [0.4, 0.5) is 17.3 Å². The minimum Gasteiger partial charge on any atom is -0.495 e. The quantitative estimate of drug-likeness (QED) is 0.682. The van der Waals surface area contributed by atoms with Crippen LogP contribution >= 0.6 is 0 Å². The van der Waals surface area contributed by atoms with Crippen LogP contribution in [-0.4, -0.2) is 23.0 Å². The van der Waals surface area contributed by atoms with Crippen LogP contribution in [0, 0.1) is 6.92 Å². The third-order valence-corrected chi connectivity index (χ3v) is 4.14.